The summed E-state index contributed by atoms with van der Waals surface area (Å²) >= 11 is 6.11. The smallest absolute Gasteiger partial charge is 0.244 e. The van der Waals surface area contributed by atoms with Crippen LogP contribution in [0, 0.1) is 13.8 Å². The Balaban J connectivity index is 2.09. The Morgan fingerprint density at radius 3 is 2.10 bits per heavy atom. The number of anilines is 1. The maximum atomic E-state index is 14.1. The van der Waals surface area contributed by atoms with Gasteiger partial charge in [-0.25, -0.2) is 8.42 Å². The van der Waals surface area contributed by atoms with Gasteiger partial charge in [-0.15, -0.1) is 0 Å². The van der Waals surface area contributed by atoms with Gasteiger partial charge in [0.05, 0.1) is 11.9 Å². The van der Waals surface area contributed by atoms with Crippen LogP contribution in [-0.4, -0.2) is 49.5 Å². The number of nitrogens with zero attached hydrogens (tertiary/aromatic N) is 2. The molecule has 3 aromatic rings. The zero-order valence-corrected chi connectivity index (χ0v) is 25.5. The van der Waals surface area contributed by atoms with E-state index in [2.05, 4.69) is 5.32 Å². The van der Waals surface area contributed by atoms with E-state index in [1.54, 1.807) is 25.1 Å². The van der Waals surface area contributed by atoms with Gasteiger partial charge in [-0.1, -0.05) is 71.8 Å². The number of hydrogen-bond donors (Lipinski definition) is 1. The largest absolute Gasteiger partial charge is 0.350 e. The Morgan fingerprint density at radius 1 is 0.925 bits per heavy atom. The van der Waals surface area contributed by atoms with Gasteiger partial charge in [0.1, 0.15) is 12.6 Å². The highest BCUT2D eigenvalue weighted by Crippen LogP contribution is 2.26. The third-order valence-corrected chi connectivity index (χ3v) is 7.71. The molecule has 40 heavy (non-hydrogen) atoms. The van der Waals surface area contributed by atoms with Crippen LogP contribution < -0.4 is 9.62 Å². The second kappa shape index (κ2) is 12.9. The Hall–Kier alpha value is -3.36. The maximum absolute atomic E-state index is 14.1. The van der Waals surface area contributed by atoms with Crippen molar-refractivity contribution in [3.05, 3.63) is 100 Å². The molecule has 0 aliphatic rings. The fraction of sp³-hybridized carbons (Fsp3) is 0.355. The number of hydrogen-bond acceptors (Lipinski definition) is 4. The van der Waals surface area contributed by atoms with E-state index in [1.807, 2.05) is 82.3 Å². The lowest BCUT2D eigenvalue weighted by atomic mass is 10.0. The topological polar surface area (TPSA) is 86.8 Å². The fourth-order valence-corrected chi connectivity index (χ4v) is 5.52. The lowest BCUT2D eigenvalue weighted by Gasteiger charge is -2.35. The number of carbonyl (C=O) groups is 2. The molecule has 214 valence electrons. The van der Waals surface area contributed by atoms with Crippen molar-refractivity contribution in [3.8, 4) is 0 Å². The first kappa shape index (κ1) is 31.2. The van der Waals surface area contributed by atoms with Crippen LogP contribution in [0.2, 0.25) is 5.02 Å². The van der Waals surface area contributed by atoms with Gasteiger partial charge in [-0.3, -0.25) is 13.9 Å². The van der Waals surface area contributed by atoms with Gasteiger partial charge >= 0.3 is 0 Å². The molecule has 0 aromatic heterocycles. The molecule has 3 rings (SSSR count). The number of rotatable bonds is 10. The first-order valence-corrected chi connectivity index (χ1v) is 15.3. The summed E-state index contributed by atoms with van der Waals surface area (Å²) in [5.41, 5.74) is 3.20. The van der Waals surface area contributed by atoms with E-state index >= 15 is 0 Å². The lowest BCUT2D eigenvalue weighted by molar-refractivity contribution is -0.140. The zero-order valence-electron chi connectivity index (χ0n) is 23.9. The normalized spacial score (nSPS) is 12.5. The second-order valence-electron chi connectivity index (χ2n) is 11.2. The van der Waals surface area contributed by atoms with Crippen molar-refractivity contribution in [2.24, 2.45) is 0 Å². The Labute approximate surface area is 243 Å². The van der Waals surface area contributed by atoms with E-state index in [-0.39, 0.29) is 18.9 Å². The lowest BCUT2D eigenvalue weighted by Crippen LogP contribution is -2.56. The Kier molecular flexibility index (Phi) is 10.0. The summed E-state index contributed by atoms with van der Waals surface area (Å²) in [6.45, 7) is 9.01. The minimum absolute atomic E-state index is 0.130. The molecule has 0 spiro atoms. The van der Waals surface area contributed by atoms with Crippen LogP contribution in [0.5, 0.6) is 0 Å². The summed E-state index contributed by atoms with van der Waals surface area (Å²) in [5, 5.41) is 3.48. The summed E-state index contributed by atoms with van der Waals surface area (Å²) in [7, 11) is -3.85. The molecule has 0 saturated heterocycles. The quantitative estimate of drug-likeness (QED) is 0.352. The number of nitrogens with one attached hydrogen (secondary N) is 1. The third kappa shape index (κ3) is 8.83. The highest BCUT2D eigenvalue weighted by atomic mass is 35.5. The van der Waals surface area contributed by atoms with Gasteiger partial charge in [0.2, 0.25) is 21.8 Å². The van der Waals surface area contributed by atoms with Crippen LogP contribution in [0.3, 0.4) is 0 Å². The molecule has 1 atom stereocenters. The van der Waals surface area contributed by atoms with Crippen LogP contribution in [0.15, 0.2) is 72.8 Å². The molecule has 0 unspecified atom stereocenters. The van der Waals surface area contributed by atoms with Crippen molar-refractivity contribution in [2.45, 2.75) is 59.2 Å². The molecule has 2 amide bonds. The molecule has 0 radical (unpaired) electrons. The van der Waals surface area contributed by atoms with Crippen molar-refractivity contribution >= 4 is 39.1 Å². The first-order chi connectivity index (χ1) is 18.6. The second-order valence-corrected chi connectivity index (χ2v) is 13.5. The molecule has 3 aromatic carbocycles. The van der Waals surface area contributed by atoms with Crippen molar-refractivity contribution in [3.63, 3.8) is 0 Å². The summed E-state index contributed by atoms with van der Waals surface area (Å²) in [5.74, 6) is -0.810. The van der Waals surface area contributed by atoms with Crippen LogP contribution in [-0.2, 0) is 32.6 Å². The summed E-state index contributed by atoms with van der Waals surface area (Å²) < 4.78 is 27.0. The molecular formula is C31H38ClN3O4S. The van der Waals surface area contributed by atoms with Crippen LogP contribution in [0.1, 0.15) is 43.0 Å². The van der Waals surface area contributed by atoms with Gasteiger partial charge in [0, 0.05) is 23.5 Å². The first-order valence-electron chi connectivity index (χ1n) is 13.1. The SMILES string of the molecule is Cc1ccc(CN(C(=O)CN(c2ccc(Cl)cc2C)S(C)(=O)=O)[C@H](Cc2ccccc2)C(=O)NC(C)(C)C)cc1. The molecule has 0 saturated carbocycles. The van der Waals surface area contributed by atoms with E-state index in [9.17, 15) is 18.0 Å². The van der Waals surface area contributed by atoms with Gasteiger partial charge in [0.25, 0.3) is 0 Å². The number of benzene rings is 3. The van der Waals surface area contributed by atoms with E-state index < -0.39 is 34.1 Å². The van der Waals surface area contributed by atoms with Crippen LogP contribution >= 0.6 is 11.6 Å². The highest BCUT2D eigenvalue weighted by Gasteiger charge is 2.34. The van der Waals surface area contributed by atoms with Crippen molar-refractivity contribution in [1.82, 2.24) is 10.2 Å². The molecule has 0 fully saturated rings. The minimum Gasteiger partial charge on any atom is -0.350 e. The Morgan fingerprint density at radius 2 is 1.55 bits per heavy atom. The standard InChI is InChI=1S/C31H38ClN3O4S/c1-22-12-14-25(15-13-22)20-34(28(30(37)33-31(3,4)5)19-24-10-8-7-9-11-24)29(36)21-35(40(6,38)39)27-17-16-26(32)18-23(27)2/h7-18,28H,19-21H2,1-6H3,(H,33,37)/t28-/m1/s1. The van der Waals surface area contributed by atoms with Crippen molar-refractivity contribution in [1.29, 1.82) is 0 Å². The average Bonchev–Trinajstić information content (AvgIpc) is 2.85. The van der Waals surface area contributed by atoms with E-state index in [1.165, 1.54) is 4.90 Å². The van der Waals surface area contributed by atoms with Gasteiger partial charge in [-0.05, 0) is 69.5 Å². The predicted molar refractivity (Wildman–Crippen MR) is 162 cm³/mol. The molecule has 1 N–H and O–H groups in total. The minimum atomic E-state index is -3.85. The maximum Gasteiger partial charge on any atom is 0.244 e. The molecular weight excluding hydrogens is 546 g/mol. The number of aryl methyl sites for hydroxylation is 2. The van der Waals surface area contributed by atoms with Gasteiger partial charge < -0.3 is 10.2 Å². The van der Waals surface area contributed by atoms with E-state index in [0.29, 0.717) is 16.3 Å². The highest BCUT2D eigenvalue weighted by molar-refractivity contribution is 7.92. The molecule has 9 heteroatoms. The molecule has 0 bridgehead atoms. The summed E-state index contributed by atoms with van der Waals surface area (Å²) in [6.07, 6.45) is 1.33. The van der Waals surface area contributed by atoms with Crippen LogP contribution in [0.4, 0.5) is 5.69 Å². The van der Waals surface area contributed by atoms with E-state index in [4.69, 9.17) is 11.6 Å². The number of amides is 2. The Bertz CT molecular complexity index is 1440. The van der Waals surface area contributed by atoms with Crippen molar-refractivity contribution in [2.75, 3.05) is 17.1 Å². The van der Waals surface area contributed by atoms with E-state index in [0.717, 1.165) is 27.3 Å². The third-order valence-electron chi connectivity index (χ3n) is 6.35. The summed E-state index contributed by atoms with van der Waals surface area (Å²) in [6, 6.07) is 21.1. The predicted octanol–water partition coefficient (Wildman–Crippen LogP) is 5.28. The monoisotopic (exact) mass is 583 g/mol. The van der Waals surface area contributed by atoms with Crippen molar-refractivity contribution < 1.29 is 18.0 Å². The molecule has 0 aliphatic carbocycles. The number of halogens is 1. The number of carbonyl (C=O) groups excluding carboxylic acids is 2. The van der Waals surface area contributed by atoms with Crippen LogP contribution in [0.25, 0.3) is 0 Å². The van der Waals surface area contributed by atoms with Gasteiger partial charge in [0.15, 0.2) is 0 Å². The molecule has 7 nitrogen and oxygen atoms in total. The average molecular weight is 584 g/mol. The molecule has 0 aliphatic heterocycles. The number of sulfonamides is 1. The van der Waals surface area contributed by atoms with Gasteiger partial charge in [-0.2, -0.15) is 0 Å². The zero-order chi connectivity index (χ0) is 29.7. The molecule has 0 heterocycles. The fourth-order valence-electron chi connectivity index (χ4n) is 4.39. The summed E-state index contributed by atoms with van der Waals surface area (Å²) in [4.78, 5) is 29.4.